The summed E-state index contributed by atoms with van der Waals surface area (Å²) in [6, 6.07) is 0. The van der Waals surface area contributed by atoms with Gasteiger partial charge in [-0.05, 0) is 38.5 Å². The first-order chi connectivity index (χ1) is 26.0. The summed E-state index contributed by atoms with van der Waals surface area (Å²) >= 11 is 0. The van der Waals surface area contributed by atoms with Gasteiger partial charge in [0.2, 0.25) is 0 Å². The highest BCUT2D eigenvalue weighted by molar-refractivity contribution is 7.85. The fourth-order valence-electron chi connectivity index (χ4n) is 6.49. The molecule has 13 heteroatoms. The van der Waals surface area contributed by atoms with E-state index in [0.29, 0.717) is 12.8 Å². The summed E-state index contributed by atoms with van der Waals surface area (Å²) in [5.41, 5.74) is 0. The van der Waals surface area contributed by atoms with Crippen molar-refractivity contribution in [3.63, 3.8) is 0 Å². The molecule has 6 atom stereocenters. The molecule has 0 saturated carbocycles. The van der Waals surface area contributed by atoms with Gasteiger partial charge >= 0.3 is 11.9 Å². The SMILES string of the molecule is CCCCCC/C=C/CCCCCCCC(=O)OCC(CO[C@H]1O[C@H](CS(=O)(=O)O)[C@@H](O)[C@H](O)[C@H]1O)OC(=O)CCCCCCCCCCCCCCC. The van der Waals surface area contributed by atoms with E-state index >= 15 is 0 Å². The first kappa shape index (κ1) is 50.4. The summed E-state index contributed by atoms with van der Waals surface area (Å²) in [5, 5.41) is 30.8. The zero-order chi connectivity index (χ0) is 39.9. The summed E-state index contributed by atoms with van der Waals surface area (Å²) in [6.45, 7) is 3.73. The van der Waals surface area contributed by atoms with E-state index in [1.807, 2.05) is 0 Å². The third-order valence-corrected chi connectivity index (χ3v) is 10.6. The summed E-state index contributed by atoms with van der Waals surface area (Å²) in [5.74, 6) is -1.98. The predicted molar refractivity (Wildman–Crippen MR) is 210 cm³/mol. The third-order valence-electron chi connectivity index (χ3n) is 9.85. The van der Waals surface area contributed by atoms with Crippen molar-refractivity contribution in [3.05, 3.63) is 12.2 Å². The number of unbranched alkanes of at least 4 members (excludes halogenated alkanes) is 21. The average Bonchev–Trinajstić information content (AvgIpc) is 3.13. The topological polar surface area (TPSA) is 186 Å². The van der Waals surface area contributed by atoms with Gasteiger partial charge in [0, 0.05) is 12.8 Å². The van der Waals surface area contributed by atoms with Crippen LogP contribution in [0.25, 0.3) is 0 Å². The maximum Gasteiger partial charge on any atom is 0.306 e. The van der Waals surface area contributed by atoms with Gasteiger partial charge in [0.25, 0.3) is 10.1 Å². The Bertz CT molecular complexity index is 1070. The number of hydrogen-bond donors (Lipinski definition) is 4. The zero-order valence-corrected chi connectivity index (χ0v) is 34.4. The lowest BCUT2D eigenvalue weighted by Gasteiger charge is -2.40. The highest BCUT2D eigenvalue weighted by Crippen LogP contribution is 2.24. The molecule has 54 heavy (non-hydrogen) atoms. The Labute approximate surface area is 326 Å². The summed E-state index contributed by atoms with van der Waals surface area (Å²) < 4.78 is 53.9. The van der Waals surface area contributed by atoms with Crippen LogP contribution in [0.15, 0.2) is 12.2 Å². The van der Waals surface area contributed by atoms with Crippen molar-refractivity contribution in [2.75, 3.05) is 19.0 Å². The Morgan fingerprint density at radius 1 is 0.611 bits per heavy atom. The van der Waals surface area contributed by atoms with Gasteiger partial charge in [-0.15, -0.1) is 0 Å². The fourth-order valence-corrected chi connectivity index (χ4v) is 7.19. The number of allylic oxidation sites excluding steroid dienone is 2. The molecule has 0 aromatic heterocycles. The van der Waals surface area contributed by atoms with E-state index in [2.05, 4.69) is 26.0 Å². The molecular formula is C41H76O12S. The first-order valence-electron chi connectivity index (χ1n) is 21.2. The number of rotatable bonds is 35. The van der Waals surface area contributed by atoms with Crippen molar-refractivity contribution in [1.29, 1.82) is 0 Å². The van der Waals surface area contributed by atoms with E-state index < -0.39 is 71.2 Å². The lowest BCUT2D eigenvalue weighted by Crippen LogP contribution is -2.60. The number of hydrogen-bond acceptors (Lipinski definition) is 11. The van der Waals surface area contributed by atoms with Crippen LogP contribution in [-0.4, -0.2) is 96.0 Å². The molecule has 1 rings (SSSR count). The number of ether oxygens (including phenoxy) is 4. The van der Waals surface area contributed by atoms with Crippen molar-refractivity contribution < 1.29 is 56.8 Å². The summed E-state index contributed by atoms with van der Waals surface area (Å²) in [7, 11) is -4.60. The number of aliphatic hydroxyl groups excluding tert-OH is 3. The summed E-state index contributed by atoms with van der Waals surface area (Å²) in [6.07, 6.45) is 22.6. The van der Waals surface area contributed by atoms with E-state index in [9.17, 15) is 37.9 Å². The molecular weight excluding hydrogens is 717 g/mol. The standard InChI is InChI=1S/C41H76O12S/c1-3-5-7-9-11-13-15-17-19-21-23-25-27-29-36(42)50-31-34(32-51-41-40(46)39(45)38(44)35(53-41)33-54(47,48)49)52-37(43)30-28-26-24-22-20-18-16-14-12-10-8-6-4-2/h13,15,34-35,38-41,44-46H,3-12,14,16-33H2,1-2H3,(H,47,48,49)/b15-13+/t34?,35-,38-,39+,40-,41+/m1/s1. The smallest absolute Gasteiger partial charge is 0.306 e. The largest absolute Gasteiger partial charge is 0.462 e. The van der Waals surface area contributed by atoms with Crippen LogP contribution in [0.4, 0.5) is 0 Å². The molecule has 1 saturated heterocycles. The lowest BCUT2D eigenvalue weighted by molar-refractivity contribution is -0.297. The van der Waals surface area contributed by atoms with E-state index in [-0.39, 0.29) is 19.4 Å². The van der Waals surface area contributed by atoms with E-state index in [0.717, 1.165) is 57.8 Å². The average molecular weight is 793 g/mol. The van der Waals surface area contributed by atoms with E-state index in [1.54, 1.807) is 0 Å². The Morgan fingerprint density at radius 2 is 1.06 bits per heavy atom. The molecule has 0 aromatic rings. The van der Waals surface area contributed by atoms with Gasteiger partial charge in [0.1, 0.15) is 36.8 Å². The monoisotopic (exact) mass is 793 g/mol. The second kappa shape index (κ2) is 32.5. The van der Waals surface area contributed by atoms with Crippen LogP contribution in [0.2, 0.25) is 0 Å². The Hall–Kier alpha value is -1.61. The molecule has 1 aliphatic heterocycles. The third kappa shape index (κ3) is 27.1. The van der Waals surface area contributed by atoms with E-state index in [1.165, 1.54) is 83.5 Å². The molecule has 0 radical (unpaired) electrons. The van der Waals surface area contributed by atoms with Crippen molar-refractivity contribution in [2.45, 2.75) is 218 Å². The van der Waals surface area contributed by atoms with Crippen LogP contribution in [0.3, 0.4) is 0 Å². The molecule has 1 unspecified atom stereocenters. The quantitative estimate of drug-likeness (QED) is 0.0211. The number of aliphatic hydroxyl groups is 3. The fraction of sp³-hybridized carbons (Fsp3) is 0.902. The molecule has 0 amide bonds. The summed E-state index contributed by atoms with van der Waals surface area (Å²) in [4.78, 5) is 25.3. The Morgan fingerprint density at radius 3 is 1.56 bits per heavy atom. The van der Waals surface area contributed by atoms with Gasteiger partial charge in [-0.3, -0.25) is 14.1 Å². The highest BCUT2D eigenvalue weighted by atomic mass is 32.2. The van der Waals surface area contributed by atoms with Crippen molar-refractivity contribution in [1.82, 2.24) is 0 Å². The first-order valence-corrected chi connectivity index (χ1v) is 22.9. The van der Waals surface area contributed by atoms with Crippen LogP contribution in [0, 0.1) is 0 Å². The number of esters is 2. The Balaban J connectivity index is 2.48. The van der Waals surface area contributed by atoms with Gasteiger partial charge < -0.3 is 34.3 Å². The minimum Gasteiger partial charge on any atom is -0.462 e. The molecule has 0 aromatic carbocycles. The molecule has 0 bridgehead atoms. The molecule has 4 N–H and O–H groups in total. The second-order valence-corrected chi connectivity index (χ2v) is 16.5. The van der Waals surface area contributed by atoms with Gasteiger partial charge in [-0.2, -0.15) is 8.42 Å². The van der Waals surface area contributed by atoms with Crippen molar-refractivity contribution in [3.8, 4) is 0 Å². The minimum absolute atomic E-state index is 0.168. The lowest BCUT2D eigenvalue weighted by atomic mass is 10.00. The second-order valence-electron chi connectivity index (χ2n) is 15.0. The molecule has 1 heterocycles. The van der Waals surface area contributed by atoms with Crippen LogP contribution in [-0.2, 0) is 38.7 Å². The van der Waals surface area contributed by atoms with Crippen molar-refractivity contribution in [2.24, 2.45) is 0 Å². The predicted octanol–water partition coefficient (Wildman–Crippen LogP) is 7.89. The highest BCUT2D eigenvalue weighted by Gasteiger charge is 2.46. The molecule has 1 aliphatic rings. The van der Waals surface area contributed by atoms with Crippen molar-refractivity contribution >= 4 is 22.1 Å². The minimum atomic E-state index is -4.60. The van der Waals surface area contributed by atoms with Gasteiger partial charge in [-0.1, -0.05) is 142 Å². The van der Waals surface area contributed by atoms with Crippen LogP contribution >= 0.6 is 0 Å². The maximum atomic E-state index is 12.8. The molecule has 318 valence electrons. The normalized spacial score (nSPS) is 21.0. The van der Waals surface area contributed by atoms with Gasteiger partial charge in [0.05, 0.1) is 6.61 Å². The van der Waals surface area contributed by atoms with Crippen LogP contribution in [0.5, 0.6) is 0 Å². The maximum absolute atomic E-state index is 12.8. The van der Waals surface area contributed by atoms with Crippen LogP contribution < -0.4 is 0 Å². The van der Waals surface area contributed by atoms with Gasteiger partial charge in [0.15, 0.2) is 12.4 Å². The van der Waals surface area contributed by atoms with Gasteiger partial charge in [-0.25, -0.2) is 0 Å². The molecule has 1 fully saturated rings. The zero-order valence-electron chi connectivity index (χ0n) is 33.6. The van der Waals surface area contributed by atoms with Crippen LogP contribution in [0.1, 0.15) is 181 Å². The molecule has 0 spiro atoms. The Kier molecular flexibility index (Phi) is 30.3. The molecule has 0 aliphatic carbocycles. The van der Waals surface area contributed by atoms with E-state index in [4.69, 9.17) is 18.9 Å². The number of carbonyl (C=O) groups excluding carboxylic acids is 2. The number of carbonyl (C=O) groups is 2. The molecule has 12 nitrogen and oxygen atoms in total.